The van der Waals surface area contributed by atoms with Crippen molar-refractivity contribution in [3.8, 4) is 0 Å². The number of hydrogen-bond acceptors (Lipinski definition) is 11. The molecule has 0 fully saturated rings. The van der Waals surface area contributed by atoms with Crippen molar-refractivity contribution in [1.29, 1.82) is 0 Å². The number of nitrogen functional groups attached to an aromatic ring is 1. The van der Waals surface area contributed by atoms with Crippen molar-refractivity contribution in [1.82, 2.24) is 19.9 Å². The van der Waals surface area contributed by atoms with E-state index in [1.165, 1.54) is 12.7 Å². The highest BCUT2D eigenvalue weighted by molar-refractivity contribution is 6.31. The first-order chi connectivity index (χ1) is 19.4. The molecule has 0 saturated heterocycles. The first-order valence-corrected chi connectivity index (χ1v) is 14.4. The summed E-state index contributed by atoms with van der Waals surface area (Å²) >= 11 is 12.1. The molecule has 0 aliphatic rings. The van der Waals surface area contributed by atoms with E-state index >= 15 is 0 Å². The van der Waals surface area contributed by atoms with Crippen LogP contribution in [0.15, 0.2) is 12.7 Å². The van der Waals surface area contributed by atoms with Gasteiger partial charge in [-0.15, -0.1) is 0 Å². The van der Waals surface area contributed by atoms with Crippen molar-refractivity contribution < 1.29 is 28.5 Å². The molecule has 2 heterocycles. The van der Waals surface area contributed by atoms with E-state index in [2.05, 4.69) is 19.9 Å². The van der Waals surface area contributed by atoms with Gasteiger partial charge in [0.1, 0.15) is 40.0 Å². The van der Waals surface area contributed by atoms with Gasteiger partial charge in [0.25, 0.3) is 0 Å². The summed E-state index contributed by atoms with van der Waals surface area (Å²) in [6.07, 6.45) is 1.48. The molecule has 0 spiro atoms. The lowest BCUT2D eigenvalue weighted by Crippen LogP contribution is -2.44. The van der Waals surface area contributed by atoms with Crippen molar-refractivity contribution in [2.45, 2.75) is 105 Å². The minimum atomic E-state index is -0.915. The number of carbonyl (C=O) groups excluding carboxylic acids is 2. The molecule has 2 amide bonds. The number of nitrogens with two attached hydrogens (primary N) is 1. The van der Waals surface area contributed by atoms with E-state index in [1.54, 1.807) is 41.5 Å². The molecule has 0 aliphatic heterocycles. The van der Waals surface area contributed by atoms with Crippen LogP contribution in [0.3, 0.4) is 0 Å². The van der Waals surface area contributed by atoms with Gasteiger partial charge < -0.3 is 24.7 Å². The van der Waals surface area contributed by atoms with Crippen LogP contribution in [0, 0.1) is 0 Å². The zero-order chi connectivity index (χ0) is 32.3. The van der Waals surface area contributed by atoms with E-state index in [0.717, 1.165) is 10.5 Å². The van der Waals surface area contributed by atoms with E-state index in [4.69, 9.17) is 47.9 Å². The van der Waals surface area contributed by atoms with Crippen LogP contribution in [-0.2, 0) is 31.8 Å². The number of hydrogen-bond donors (Lipinski definition) is 1. The van der Waals surface area contributed by atoms with E-state index in [0.29, 0.717) is 42.6 Å². The smallest absolute Gasteiger partial charge is 0.425 e. The average molecular weight is 632 g/mol. The second-order valence-electron chi connectivity index (χ2n) is 11.2. The van der Waals surface area contributed by atoms with Crippen LogP contribution in [-0.4, -0.2) is 68.7 Å². The van der Waals surface area contributed by atoms with Crippen molar-refractivity contribution in [3.63, 3.8) is 0 Å². The number of anilines is 2. The highest BCUT2D eigenvalue weighted by Gasteiger charge is 2.36. The summed E-state index contributed by atoms with van der Waals surface area (Å²) in [5.41, 5.74) is 5.17. The summed E-state index contributed by atoms with van der Waals surface area (Å²) in [6.45, 7) is 19.0. The minimum Gasteiger partial charge on any atom is -0.443 e. The molecule has 0 aliphatic carbocycles. The van der Waals surface area contributed by atoms with Crippen LogP contribution in [0.25, 0.3) is 0 Å². The van der Waals surface area contributed by atoms with Gasteiger partial charge in [-0.05, 0) is 69.2 Å². The van der Waals surface area contributed by atoms with E-state index in [-0.39, 0.29) is 23.2 Å². The van der Waals surface area contributed by atoms with Crippen LogP contribution < -0.4 is 10.6 Å². The predicted molar refractivity (Wildman–Crippen MR) is 163 cm³/mol. The molecule has 0 bridgehead atoms. The second kappa shape index (κ2) is 16.7. The van der Waals surface area contributed by atoms with Gasteiger partial charge in [0, 0.05) is 37.2 Å². The average Bonchev–Trinajstić information content (AvgIpc) is 2.82. The highest BCUT2D eigenvalue weighted by Crippen LogP contribution is 2.28. The van der Waals surface area contributed by atoms with Crippen molar-refractivity contribution in [2.24, 2.45) is 0 Å². The Hall–Kier alpha value is -2.80. The quantitative estimate of drug-likeness (QED) is 0.304. The molecule has 2 unspecified atom stereocenters. The Labute approximate surface area is 258 Å². The Balaban J connectivity index is 0.000000525. The molecule has 0 aromatic carbocycles. The fourth-order valence-corrected chi connectivity index (χ4v) is 3.89. The number of amides is 2. The van der Waals surface area contributed by atoms with Gasteiger partial charge in [-0.2, -0.15) is 4.90 Å². The lowest BCUT2D eigenvalue weighted by Gasteiger charge is -2.29. The van der Waals surface area contributed by atoms with Gasteiger partial charge in [-0.3, -0.25) is 0 Å². The molecule has 2 atom stereocenters. The van der Waals surface area contributed by atoms with Gasteiger partial charge in [-0.1, -0.05) is 23.2 Å². The first-order valence-electron chi connectivity index (χ1n) is 13.6. The number of rotatable bonds is 9. The minimum absolute atomic E-state index is 0.00931. The summed E-state index contributed by atoms with van der Waals surface area (Å²) in [5, 5.41) is 0.526. The van der Waals surface area contributed by atoms with E-state index in [9.17, 15) is 9.59 Å². The Kier molecular flexibility index (Phi) is 14.8. The number of halogens is 2. The van der Waals surface area contributed by atoms with Crippen LogP contribution in [0.5, 0.6) is 0 Å². The maximum Gasteiger partial charge on any atom is 0.425 e. The summed E-state index contributed by atoms with van der Waals surface area (Å²) in [6, 6.07) is 0. The lowest BCUT2D eigenvalue weighted by atomic mass is 10.1. The molecular weight excluding hydrogens is 587 g/mol. The molecule has 42 heavy (non-hydrogen) atoms. The van der Waals surface area contributed by atoms with Crippen molar-refractivity contribution in [3.05, 3.63) is 34.1 Å². The maximum atomic E-state index is 12.8. The van der Waals surface area contributed by atoms with Gasteiger partial charge in [0.2, 0.25) is 0 Å². The summed E-state index contributed by atoms with van der Waals surface area (Å²) in [7, 11) is 0. The molecular formula is C28H44Cl2N6O6. The third kappa shape index (κ3) is 13.0. The summed E-state index contributed by atoms with van der Waals surface area (Å²) in [5.74, 6) is 0.437. The van der Waals surface area contributed by atoms with Crippen molar-refractivity contribution >= 4 is 47.0 Å². The number of ether oxygens (including phenoxy) is 4. The van der Waals surface area contributed by atoms with Crippen LogP contribution in [0.2, 0.25) is 10.3 Å². The summed E-state index contributed by atoms with van der Waals surface area (Å²) in [4.78, 5) is 42.3. The molecule has 236 valence electrons. The zero-order valence-electron chi connectivity index (χ0n) is 26.2. The monoisotopic (exact) mass is 630 g/mol. The van der Waals surface area contributed by atoms with Crippen molar-refractivity contribution in [2.75, 3.05) is 23.8 Å². The molecule has 14 heteroatoms. The van der Waals surface area contributed by atoms with Crippen LogP contribution in [0.4, 0.5) is 21.2 Å². The maximum absolute atomic E-state index is 12.8. The van der Waals surface area contributed by atoms with Crippen LogP contribution >= 0.6 is 23.2 Å². The third-order valence-corrected chi connectivity index (χ3v) is 5.70. The Bertz CT molecular complexity index is 1120. The van der Waals surface area contributed by atoms with E-state index < -0.39 is 23.4 Å². The third-order valence-electron chi connectivity index (χ3n) is 5.05. The Morgan fingerprint density at radius 1 is 0.786 bits per heavy atom. The standard InChI is InChI=1S/C19H30ClN3O5.C9H14ClN3O/c1-9-26-12(2)10-13-14(20)21-11-22-15(13)23(16(24)27-18(3,4)5)17(25)28-19(6,7)8;1-3-14-6(2)4-7-8(10)12-5-13-9(7)11/h11-12H,9-10H2,1-8H3;5-6H,3-4H2,1-2H3,(H2,11,12,13). The Morgan fingerprint density at radius 3 is 1.60 bits per heavy atom. The second-order valence-corrected chi connectivity index (χ2v) is 11.9. The first kappa shape index (κ1) is 37.2. The molecule has 12 nitrogen and oxygen atoms in total. The molecule has 2 aromatic heterocycles. The van der Waals surface area contributed by atoms with Gasteiger partial charge >= 0.3 is 12.2 Å². The molecule has 2 N–H and O–H groups in total. The van der Waals surface area contributed by atoms with E-state index in [1.807, 2.05) is 27.7 Å². The number of aromatic nitrogens is 4. The molecule has 0 radical (unpaired) electrons. The molecule has 0 saturated carbocycles. The lowest BCUT2D eigenvalue weighted by molar-refractivity contribution is 0.0426. The molecule has 2 aromatic rings. The number of imide groups is 1. The largest absolute Gasteiger partial charge is 0.443 e. The molecule has 2 rings (SSSR count). The van der Waals surface area contributed by atoms with Gasteiger partial charge in [0.15, 0.2) is 5.82 Å². The number of carbonyl (C=O) groups is 2. The number of nitrogens with zero attached hydrogens (tertiary/aromatic N) is 5. The highest BCUT2D eigenvalue weighted by atomic mass is 35.5. The normalized spacial score (nSPS) is 13.0. The fourth-order valence-electron chi connectivity index (χ4n) is 3.47. The van der Waals surface area contributed by atoms with Gasteiger partial charge in [0.05, 0.1) is 12.2 Å². The topological polar surface area (TPSA) is 152 Å². The fraction of sp³-hybridized carbons (Fsp3) is 0.643. The summed E-state index contributed by atoms with van der Waals surface area (Å²) < 4.78 is 21.7. The van der Waals surface area contributed by atoms with Crippen LogP contribution in [0.1, 0.15) is 80.4 Å². The predicted octanol–water partition coefficient (Wildman–Crippen LogP) is 6.45. The zero-order valence-corrected chi connectivity index (χ0v) is 27.7. The van der Waals surface area contributed by atoms with Gasteiger partial charge in [-0.25, -0.2) is 29.5 Å². The SMILES string of the molecule is CCOC(C)Cc1c(Cl)ncnc1N(C(=O)OC(C)(C)C)C(=O)OC(C)(C)C.CCOC(C)Cc1c(N)ncnc1Cl. The Morgan fingerprint density at radius 2 is 1.19 bits per heavy atom.